The number of nitrogens with one attached hydrogen (secondary N) is 2. The van der Waals surface area contributed by atoms with Crippen LogP contribution in [0, 0.1) is 5.82 Å². The first-order chi connectivity index (χ1) is 9.20. The molecule has 0 bridgehead atoms. The molecule has 0 aliphatic heterocycles. The Hall–Kier alpha value is -1.39. The highest BCUT2D eigenvalue weighted by atomic mass is 35.5. The molecule has 0 spiro atoms. The predicted molar refractivity (Wildman–Crippen MR) is 74.7 cm³/mol. The van der Waals surface area contributed by atoms with Gasteiger partial charge < -0.3 is 10.3 Å². The van der Waals surface area contributed by atoms with E-state index in [1.54, 1.807) is 24.5 Å². The third kappa shape index (κ3) is 3.78. The number of hydrogen-bond acceptors (Lipinski definition) is 2. The highest BCUT2D eigenvalue weighted by Gasteiger charge is 2.17. The van der Waals surface area contributed by atoms with E-state index < -0.39 is 0 Å². The van der Waals surface area contributed by atoms with E-state index in [4.69, 9.17) is 11.6 Å². The van der Waals surface area contributed by atoms with Crippen molar-refractivity contribution >= 4 is 11.6 Å². The van der Waals surface area contributed by atoms with Gasteiger partial charge in [0.05, 0.1) is 0 Å². The first-order valence-corrected chi connectivity index (χ1v) is 6.75. The minimum atomic E-state index is -0.285. The Morgan fingerprint density at radius 1 is 1.47 bits per heavy atom. The van der Waals surface area contributed by atoms with Gasteiger partial charge in [-0.1, -0.05) is 24.6 Å². The van der Waals surface area contributed by atoms with Crippen LogP contribution in [0.1, 0.15) is 30.8 Å². The Morgan fingerprint density at radius 3 is 2.95 bits per heavy atom. The number of H-pyrrole nitrogens is 1. The van der Waals surface area contributed by atoms with Crippen LogP contribution in [0.4, 0.5) is 4.39 Å². The summed E-state index contributed by atoms with van der Waals surface area (Å²) in [4.78, 5) is 7.24. The van der Waals surface area contributed by atoms with E-state index in [2.05, 4.69) is 22.2 Å². The average molecular weight is 282 g/mol. The number of imidazole rings is 1. The molecular formula is C14H17ClFN3. The van der Waals surface area contributed by atoms with Gasteiger partial charge in [-0.2, -0.15) is 0 Å². The maximum Gasteiger partial charge on any atom is 0.129 e. The molecule has 1 heterocycles. The molecule has 19 heavy (non-hydrogen) atoms. The van der Waals surface area contributed by atoms with Crippen molar-refractivity contribution in [3.05, 3.63) is 52.8 Å². The molecule has 1 aromatic carbocycles. The van der Waals surface area contributed by atoms with Gasteiger partial charge in [-0.25, -0.2) is 9.37 Å². The van der Waals surface area contributed by atoms with E-state index in [1.165, 1.54) is 6.07 Å². The summed E-state index contributed by atoms with van der Waals surface area (Å²) in [5, 5.41) is 3.75. The number of aromatic amines is 1. The number of rotatable bonds is 6. The molecule has 2 aromatic rings. The highest BCUT2D eigenvalue weighted by Crippen LogP contribution is 2.23. The van der Waals surface area contributed by atoms with E-state index in [0.717, 1.165) is 18.8 Å². The van der Waals surface area contributed by atoms with Crippen molar-refractivity contribution in [3.63, 3.8) is 0 Å². The zero-order valence-electron chi connectivity index (χ0n) is 10.8. The van der Waals surface area contributed by atoms with Crippen molar-refractivity contribution in [2.75, 3.05) is 6.54 Å². The Bertz CT molecular complexity index is 513. The summed E-state index contributed by atoms with van der Waals surface area (Å²) in [5.41, 5.74) is 0.620. The number of aromatic nitrogens is 2. The summed E-state index contributed by atoms with van der Waals surface area (Å²) in [6, 6.07) is 4.68. The number of benzene rings is 1. The highest BCUT2D eigenvalue weighted by molar-refractivity contribution is 6.30. The van der Waals surface area contributed by atoms with Crippen LogP contribution < -0.4 is 5.32 Å². The standard InChI is InChI=1S/C14H17ClFN3/c1-2-5-17-13(9-14-18-6-7-19-14)11-4-3-10(15)8-12(11)16/h3-4,6-8,13,17H,2,5,9H2,1H3,(H,18,19). The van der Waals surface area contributed by atoms with Crippen molar-refractivity contribution in [3.8, 4) is 0 Å². The molecule has 1 unspecified atom stereocenters. The van der Waals surface area contributed by atoms with E-state index in [0.29, 0.717) is 17.0 Å². The van der Waals surface area contributed by atoms with Crippen LogP contribution in [0.25, 0.3) is 0 Å². The first kappa shape index (κ1) is 14.0. The molecule has 0 saturated heterocycles. The molecule has 0 saturated carbocycles. The molecule has 102 valence electrons. The molecule has 3 nitrogen and oxygen atoms in total. The van der Waals surface area contributed by atoms with Crippen LogP contribution in [0.3, 0.4) is 0 Å². The monoisotopic (exact) mass is 281 g/mol. The summed E-state index contributed by atoms with van der Waals surface area (Å²) in [5.74, 6) is 0.551. The normalized spacial score (nSPS) is 12.6. The molecule has 0 amide bonds. The summed E-state index contributed by atoms with van der Waals surface area (Å²) in [6.45, 7) is 2.91. The van der Waals surface area contributed by atoms with E-state index >= 15 is 0 Å². The lowest BCUT2D eigenvalue weighted by atomic mass is 10.0. The van der Waals surface area contributed by atoms with Crippen molar-refractivity contribution in [1.29, 1.82) is 0 Å². The number of halogens is 2. The second-order valence-electron chi connectivity index (χ2n) is 4.41. The van der Waals surface area contributed by atoms with E-state index in [9.17, 15) is 4.39 Å². The lowest BCUT2D eigenvalue weighted by Crippen LogP contribution is -2.25. The predicted octanol–water partition coefficient (Wildman–Crippen LogP) is 3.49. The lowest BCUT2D eigenvalue weighted by molar-refractivity contribution is 0.490. The molecule has 1 aromatic heterocycles. The quantitative estimate of drug-likeness (QED) is 0.851. The summed E-state index contributed by atoms with van der Waals surface area (Å²) >= 11 is 5.79. The van der Waals surface area contributed by atoms with Crippen molar-refractivity contribution in [1.82, 2.24) is 15.3 Å². The Labute approximate surface area is 117 Å². The van der Waals surface area contributed by atoms with E-state index in [-0.39, 0.29) is 11.9 Å². The lowest BCUT2D eigenvalue weighted by Gasteiger charge is -2.18. The third-order valence-corrected chi connectivity index (χ3v) is 3.17. The van der Waals surface area contributed by atoms with Gasteiger partial charge in [-0.15, -0.1) is 0 Å². The largest absolute Gasteiger partial charge is 0.349 e. The maximum atomic E-state index is 14.0. The summed E-state index contributed by atoms with van der Waals surface area (Å²) in [7, 11) is 0. The van der Waals surface area contributed by atoms with E-state index in [1.807, 2.05) is 0 Å². The average Bonchev–Trinajstić information content (AvgIpc) is 2.88. The topological polar surface area (TPSA) is 40.7 Å². The molecule has 0 radical (unpaired) electrons. The molecule has 0 aliphatic rings. The Morgan fingerprint density at radius 2 is 2.32 bits per heavy atom. The molecule has 0 fully saturated rings. The molecule has 2 N–H and O–H groups in total. The van der Waals surface area contributed by atoms with Gasteiger partial charge in [0.15, 0.2) is 0 Å². The second kappa shape index (κ2) is 6.68. The third-order valence-electron chi connectivity index (χ3n) is 2.93. The second-order valence-corrected chi connectivity index (χ2v) is 4.85. The van der Waals surface area contributed by atoms with Crippen LogP contribution >= 0.6 is 11.6 Å². The van der Waals surface area contributed by atoms with Gasteiger partial charge in [0, 0.05) is 35.4 Å². The molecule has 2 rings (SSSR count). The van der Waals surface area contributed by atoms with Gasteiger partial charge in [0.25, 0.3) is 0 Å². The van der Waals surface area contributed by atoms with Gasteiger partial charge >= 0.3 is 0 Å². The first-order valence-electron chi connectivity index (χ1n) is 6.37. The van der Waals surface area contributed by atoms with Crippen molar-refractivity contribution in [2.45, 2.75) is 25.8 Å². The fraction of sp³-hybridized carbons (Fsp3) is 0.357. The van der Waals surface area contributed by atoms with Crippen molar-refractivity contribution < 1.29 is 4.39 Å². The van der Waals surface area contributed by atoms with Gasteiger partial charge in [-0.05, 0) is 25.1 Å². The Kier molecular flexibility index (Phi) is 4.93. The number of nitrogens with zero attached hydrogens (tertiary/aromatic N) is 1. The van der Waals surface area contributed by atoms with Crippen LogP contribution in [-0.4, -0.2) is 16.5 Å². The molecule has 5 heteroatoms. The van der Waals surface area contributed by atoms with Crippen LogP contribution in [0.2, 0.25) is 5.02 Å². The minimum Gasteiger partial charge on any atom is -0.349 e. The number of hydrogen-bond donors (Lipinski definition) is 2. The fourth-order valence-electron chi connectivity index (χ4n) is 2.00. The minimum absolute atomic E-state index is 0.108. The Balaban J connectivity index is 2.20. The molecule has 1 atom stereocenters. The van der Waals surface area contributed by atoms with Gasteiger partial charge in [0.2, 0.25) is 0 Å². The zero-order valence-corrected chi connectivity index (χ0v) is 11.5. The maximum absolute atomic E-state index is 14.0. The summed E-state index contributed by atoms with van der Waals surface area (Å²) in [6.07, 6.45) is 5.07. The molecular weight excluding hydrogens is 265 g/mol. The van der Waals surface area contributed by atoms with Gasteiger partial charge in [0.1, 0.15) is 11.6 Å². The molecule has 0 aliphatic carbocycles. The zero-order chi connectivity index (χ0) is 13.7. The van der Waals surface area contributed by atoms with Gasteiger partial charge in [-0.3, -0.25) is 0 Å². The van der Waals surface area contributed by atoms with Crippen molar-refractivity contribution in [2.24, 2.45) is 0 Å². The smallest absolute Gasteiger partial charge is 0.129 e. The SMILES string of the molecule is CCCNC(Cc1ncc[nH]1)c1ccc(Cl)cc1F. The van der Waals surface area contributed by atoms with Crippen LogP contribution in [0.15, 0.2) is 30.6 Å². The van der Waals surface area contributed by atoms with Crippen LogP contribution in [-0.2, 0) is 6.42 Å². The summed E-state index contributed by atoms with van der Waals surface area (Å²) < 4.78 is 14.0. The fourth-order valence-corrected chi connectivity index (χ4v) is 2.16. The van der Waals surface area contributed by atoms with Crippen LogP contribution in [0.5, 0.6) is 0 Å².